The highest BCUT2D eigenvalue weighted by atomic mass is 16.8. The fourth-order valence-corrected chi connectivity index (χ4v) is 1.47. The van der Waals surface area contributed by atoms with Crippen molar-refractivity contribution in [3.05, 3.63) is 0 Å². The molecule has 1 rings (SSSR count). The Morgan fingerprint density at radius 1 is 1.56 bits per heavy atom. The molecule has 16 heavy (non-hydrogen) atoms. The quantitative estimate of drug-likeness (QED) is 0.578. The molecule has 1 N–H and O–H groups in total. The molecule has 0 amide bonds. The maximum Gasteiger partial charge on any atom is 0.353 e. The fraction of sp³-hybridized carbons (Fsp3) is 0.818. The summed E-state index contributed by atoms with van der Waals surface area (Å²) in [5, 5.41) is 12.6. The van der Waals surface area contributed by atoms with E-state index in [1.165, 1.54) is 0 Å². The fourth-order valence-electron chi connectivity index (χ4n) is 1.47. The number of ether oxygens (including phenoxy) is 1. The van der Waals surface area contributed by atoms with E-state index < -0.39 is 5.97 Å². The molecule has 0 radical (unpaired) electrons. The van der Waals surface area contributed by atoms with Crippen molar-refractivity contribution in [3.63, 3.8) is 0 Å². The lowest BCUT2D eigenvalue weighted by Crippen LogP contribution is -2.23. The predicted octanol–water partition coefficient (Wildman–Crippen LogP) is 2.02. The van der Waals surface area contributed by atoms with Crippen molar-refractivity contribution in [1.82, 2.24) is 0 Å². The van der Waals surface area contributed by atoms with Gasteiger partial charge in [0.15, 0.2) is 5.71 Å². The average Bonchev–Trinajstić information content (AvgIpc) is 2.25. The van der Waals surface area contributed by atoms with Crippen LogP contribution in [0.1, 0.15) is 39.5 Å². The van der Waals surface area contributed by atoms with Gasteiger partial charge in [-0.2, -0.15) is 0 Å². The van der Waals surface area contributed by atoms with Gasteiger partial charge in [-0.05, 0) is 18.8 Å². The van der Waals surface area contributed by atoms with Crippen molar-refractivity contribution in [1.29, 1.82) is 0 Å². The molecule has 1 fully saturated rings. The molecular weight excluding hydrogens is 210 g/mol. The molecule has 1 saturated heterocycles. The van der Waals surface area contributed by atoms with Crippen LogP contribution in [0.5, 0.6) is 0 Å². The molecule has 1 atom stereocenters. The highest BCUT2D eigenvalue weighted by Crippen LogP contribution is 2.14. The number of oxime groups is 1. The first-order chi connectivity index (χ1) is 7.59. The minimum Gasteiger partial charge on any atom is -0.477 e. The van der Waals surface area contributed by atoms with Gasteiger partial charge in [0.2, 0.25) is 6.29 Å². The van der Waals surface area contributed by atoms with Crippen molar-refractivity contribution < 1.29 is 19.5 Å². The van der Waals surface area contributed by atoms with Crippen molar-refractivity contribution in [2.75, 3.05) is 6.61 Å². The van der Waals surface area contributed by atoms with Gasteiger partial charge in [-0.15, -0.1) is 0 Å². The Kier molecular flexibility index (Phi) is 5.25. The summed E-state index contributed by atoms with van der Waals surface area (Å²) >= 11 is 0. The lowest BCUT2D eigenvalue weighted by Gasteiger charge is -2.20. The molecule has 0 bridgehead atoms. The summed E-state index contributed by atoms with van der Waals surface area (Å²) in [6.07, 6.45) is 2.86. The van der Waals surface area contributed by atoms with Crippen LogP contribution in [0.3, 0.4) is 0 Å². The first-order valence-electron chi connectivity index (χ1n) is 5.67. The van der Waals surface area contributed by atoms with Crippen LogP contribution in [0.15, 0.2) is 5.16 Å². The molecule has 0 spiro atoms. The molecule has 0 aliphatic carbocycles. The standard InChI is InChI=1S/C11H19NO4/c1-8(2)7-9(11(13)14)12-16-10-5-3-4-6-15-10/h8,10H,3-7H2,1-2H3,(H,13,14). The summed E-state index contributed by atoms with van der Waals surface area (Å²) in [6.45, 7) is 4.54. The van der Waals surface area contributed by atoms with E-state index in [1.807, 2.05) is 13.8 Å². The summed E-state index contributed by atoms with van der Waals surface area (Å²) in [7, 11) is 0. The molecule has 1 aliphatic heterocycles. The Morgan fingerprint density at radius 3 is 2.81 bits per heavy atom. The van der Waals surface area contributed by atoms with Gasteiger partial charge in [0.1, 0.15) is 0 Å². The first-order valence-corrected chi connectivity index (χ1v) is 5.67. The number of carboxylic acid groups (broad SMARTS) is 1. The van der Waals surface area contributed by atoms with Crippen LogP contribution >= 0.6 is 0 Å². The summed E-state index contributed by atoms with van der Waals surface area (Å²) < 4.78 is 5.29. The van der Waals surface area contributed by atoms with E-state index in [0.717, 1.165) is 19.3 Å². The van der Waals surface area contributed by atoms with E-state index in [1.54, 1.807) is 0 Å². The summed E-state index contributed by atoms with van der Waals surface area (Å²) in [5.74, 6) is -0.782. The van der Waals surface area contributed by atoms with Gasteiger partial charge in [-0.3, -0.25) is 0 Å². The second kappa shape index (κ2) is 6.48. The molecule has 1 unspecified atom stereocenters. The minimum atomic E-state index is -1.02. The number of aliphatic carboxylic acids is 1. The molecule has 0 aromatic rings. The van der Waals surface area contributed by atoms with Crippen LogP contribution in [-0.2, 0) is 14.4 Å². The monoisotopic (exact) mass is 229 g/mol. The van der Waals surface area contributed by atoms with Gasteiger partial charge in [-0.25, -0.2) is 4.79 Å². The van der Waals surface area contributed by atoms with Gasteiger partial charge in [0.25, 0.3) is 0 Å². The number of rotatable bonds is 5. The topological polar surface area (TPSA) is 68.1 Å². The van der Waals surface area contributed by atoms with Gasteiger partial charge in [0.05, 0.1) is 6.61 Å². The summed E-state index contributed by atoms with van der Waals surface area (Å²) in [4.78, 5) is 15.9. The number of nitrogens with zero attached hydrogens (tertiary/aromatic N) is 1. The minimum absolute atomic E-state index is 0.0594. The van der Waals surface area contributed by atoms with Crippen LogP contribution in [0.4, 0.5) is 0 Å². The predicted molar refractivity (Wildman–Crippen MR) is 59.2 cm³/mol. The molecular formula is C11H19NO4. The molecule has 92 valence electrons. The number of hydrogen-bond donors (Lipinski definition) is 1. The Bertz CT molecular complexity index is 257. The highest BCUT2D eigenvalue weighted by molar-refractivity contribution is 6.35. The molecule has 0 saturated carbocycles. The SMILES string of the molecule is CC(C)CC(=NOC1CCCCO1)C(=O)O. The molecule has 5 heteroatoms. The Labute approximate surface area is 95.4 Å². The van der Waals surface area contributed by atoms with Gasteiger partial charge in [0, 0.05) is 12.8 Å². The van der Waals surface area contributed by atoms with Gasteiger partial charge >= 0.3 is 5.97 Å². The molecule has 1 aliphatic rings. The Morgan fingerprint density at radius 2 is 2.31 bits per heavy atom. The summed E-state index contributed by atoms with van der Waals surface area (Å²) in [6, 6.07) is 0. The van der Waals surface area contributed by atoms with E-state index >= 15 is 0 Å². The molecule has 5 nitrogen and oxygen atoms in total. The third-order valence-electron chi connectivity index (χ3n) is 2.27. The highest BCUT2D eigenvalue weighted by Gasteiger charge is 2.17. The van der Waals surface area contributed by atoms with Crippen molar-refractivity contribution in [2.24, 2.45) is 11.1 Å². The van der Waals surface area contributed by atoms with E-state index in [0.29, 0.717) is 13.0 Å². The van der Waals surface area contributed by atoms with Crippen molar-refractivity contribution in [2.45, 2.75) is 45.8 Å². The van der Waals surface area contributed by atoms with Crippen LogP contribution in [0, 0.1) is 5.92 Å². The Hall–Kier alpha value is -1.10. The third-order valence-corrected chi connectivity index (χ3v) is 2.27. The number of carboxylic acids is 1. The lowest BCUT2D eigenvalue weighted by molar-refractivity contribution is -0.163. The van der Waals surface area contributed by atoms with Gasteiger partial charge in [-0.1, -0.05) is 19.0 Å². The number of carbonyl (C=O) groups is 1. The maximum absolute atomic E-state index is 10.9. The first kappa shape index (κ1) is 13.0. The molecule has 0 aromatic carbocycles. The van der Waals surface area contributed by atoms with E-state index in [4.69, 9.17) is 14.7 Å². The van der Waals surface area contributed by atoms with E-state index in [9.17, 15) is 4.79 Å². The zero-order valence-corrected chi connectivity index (χ0v) is 9.81. The van der Waals surface area contributed by atoms with Crippen molar-refractivity contribution in [3.8, 4) is 0 Å². The second-order valence-corrected chi connectivity index (χ2v) is 4.34. The smallest absolute Gasteiger partial charge is 0.353 e. The molecule has 1 heterocycles. The zero-order chi connectivity index (χ0) is 12.0. The third kappa shape index (κ3) is 4.61. The normalized spacial score (nSPS) is 22.2. The lowest BCUT2D eigenvalue weighted by atomic mass is 10.1. The van der Waals surface area contributed by atoms with Crippen LogP contribution in [-0.4, -0.2) is 29.7 Å². The van der Waals surface area contributed by atoms with Crippen molar-refractivity contribution >= 4 is 11.7 Å². The maximum atomic E-state index is 10.9. The summed E-state index contributed by atoms with van der Waals surface area (Å²) in [5.41, 5.74) is 0.0594. The second-order valence-electron chi connectivity index (χ2n) is 4.34. The average molecular weight is 229 g/mol. The van der Waals surface area contributed by atoms with E-state index in [-0.39, 0.29) is 17.9 Å². The van der Waals surface area contributed by atoms with Crippen LogP contribution < -0.4 is 0 Å². The Balaban J connectivity index is 2.46. The molecule has 0 aromatic heterocycles. The largest absolute Gasteiger partial charge is 0.477 e. The van der Waals surface area contributed by atoms with Crippen LogP contribution in [0.2, 0.25) is 0 Å². The van der Waals surface area contributed by atoms with Gasteiger partial charge < -0.3 is 14.7 Å². The van der Waals surface area contributed by atoms with E-state index in [2.05, 4.69) is 5.16 Å². The van der Waals surface area contributed by atoms with Crippen LogP contribution in [0.25, 0.3) is 0 Å². The number of hydrogen-bond acceptors (Lipinski definition) is 4. The zero-order valence-electron chi connectivity index (χ0n) is 9.81.